The van der Waals surface area contributed by atoms with Crippen LogP contribution in [0, 0.1) is 6.92 Å². The zero-order valence-corrected chi connectivity index (χ0v) is 11.5. The molecule has 0 fully saturated rings. The molecule has 0 aliphatic carbocycles. The van der Waals surface area contributed by atoms with Gasteiger partial charge in [0.2, 0.25) is 0 Å². The topological polar surface area (TPSA) is 32.3 Å². The Morgan fingerprint density at radius 1 is 1.00 bits per heavy atom. The van der Waals surface area contributed by atoms with Crippen molar-refractivity contribution in [2.75, 3.05) is 6.54 Å². The van der Waals surface area contributed by atoms with Gasteiger partial charge in [0.25, 0.3) is 0 Å². The fraction of sp³-hybridized carbons (Fsp3) is 0.294. The van der Waals surface area contributed by atoms with E-state index in [0.717, 1.165) is 5.56 Å². The monoisotopic (exact) mass is 255 g/mol. The van der Waals surface area contributed by atoms with Crippen molar-refractivity contribution >= 4 is 0 Å². The lowest BCUT2D eigenvalue weighted by Gasteiger charge is -2.18. The first kappa shape index (κ1) is 13.8. The van der Waals surface area contributed by atoms with Gasteiger partial charge in [-0.3, -0.25) is 0 Å². The molecule has 0 saturated carbocycles. The Labute approximate surface area is 115 Å². The second-order valence-electron chi connectivity index (χ2n) is 4.97. The smallest absolute Gasteiger partial charge is 0.0914 e. The number of aliphatic hydroxyl groups excluding tert-OH is 1. The van der Waals surface area contributed by atoms with E-state index in [0.29, 0.717) is 6.54 Å². The molecule has 2 nitrogen and oxygen atoms in total. The molecule has 0 amide bonds. The van der Waals surface area contributed by atoms with Crippen molar-refractivity contribution in [3.05, 3.63) is 71.3 Å². The summed E-state index contributed by atoms with van der Waals surface area (Å²) in [5.74, 6) is 0. The minimum absolute atomic E-state index is 0.235. The van der Waals surface area contributed by atoms with Crippen LogP contribution >= 0.6 is 0 Å². The number of benzene rings is 2. The third kappa shape index (κ3) is 3.91. The van der Waals surface area contributed by atoms with Gasteiger partial charge in [-0.15, -0.1) is 0 Å². The molecule has 0 aromatic heterocycles. The molecule has 0 aliphatic rings. The summed E-state index contributed by atoms with van der Waals surface area (Å²) in [4.78, 5) is 0. The van der Waals surface area contributed by atoms with Crippen LogP contribution in [0.1, 0.15) is 35.8 Å². The van der Waals surface area contributed by atoms with Gasteiger partial charge in [-0.1, -0.05) is 60.2 Å². The van der Waals surface area contributed by atoms with Crippen molar-refractivity contribution in [1.82, 2.24) is 5.32 Å². The zero-order chi connectivity index (χ0) is 13.7. The van der Waals surface area contributed by atoms with E-state index in [1.807, 2.05) is 30.3 Å². The Hall–Kier alpha value is -1.64. The Kier molecular flexibility index (Phi) is 4.72. The van der Waals surface area contributed by atoms with Crippen LogP contribution in [0.5, 0.6) is 0 Å². The maximum atomic E-state index is 10.1. The molecule has 0 heterocycles. The van der Waals surface area contributed by atoms with Crippen molar-refractivity contribution in [1.29, 1.82) is 0 Å². The third-order valence-corrected chi connectivity index (χ3v) is 3.34. The molecule has 0 radical (unpaired) electrons. The highest BCUT2D eigenvalue weighted by atomic mass is 16.3. The van der Waals surface area contributed by atoms with Gasteiger partial charge in [-0.2, -0.15) is 0 Å². The minimum atomic E-state index is -0.464. The molecule has 2 N–H and O–H groups in total. The quantitative estimate of drug-likeness (QED) is 0.858. The van der Waals surface area contributed by atoms with E-state index in [-0.39, 0.29) is 6.04 Å². The minimum Gasteiger partial charge on any atom is -0.387 e. The van der Waals surface area contributed by atoms with Gasteiger partial charge in [0, 0.05) is 12.6 Å². The van der Waals surface area contributed by atoms with E-state index < -0.39 is 6.10 Å². The molecular formula is C17H21NO. The van der Waals surface area contributed by atoms with Crippen LogP contribution < -0.4 is 5.32 Å². The summed E-state index contributed by atoms with van der Waals surface area (Å²) in [7, 11) is 0. The highest BCUT2D eigenvalue weighted by Crippen LogP contribution is 2.16. The Balaban J connectivity index is 1.92. The highest BCUT2D eigenvalue weighted by molar-refractivity contribution is 5.25. The second kappa shape index (κ2) is 6.50. The highest BCUT2D eigenvalue weighted by Gasteiger charge is 2.10. The molecule has 2 aromatic carbocycles. The van der Waals surface area contributed by atoms with Gasteiger partial charge >= 0.3 is 0 Å². The van der Waals surface area contributed by atoms with Crippen molar-refractivity contribution < 1.29 is 5.11 Å². The molecule has 0 spiro atoms. The van der Waals surface area contributed by atoms with Gasteiger partial charge in [0.1, 0.15) is 0 Å². The first-order chi connectivity index (χ1) is 9.16. The lowest BCUT2D eigenvalue weighted by Crippen LogP contribution is -2.24. The molecular weight excluding hydrogens is 234 g/mol. The van der Waals surface area contributed by atoms with Crippen molar-refractivity contribution in [3.63, 3.8) is 0 Å². The predicted octanol–water partition coefficient (Wildman–Crippen LogP) is 3.38. The summed E-state index contributed by atoms with van der Waals surface area (Å²) in [5, 5.41) is 13.5. The van der Waals surface area contributed by atoms with E-state index in [2.05, 4.69) is 43.4 Å². The summed E-state index contributed by atoms with van der Waals surface area (Å²) in [6, 6.07) is 18.4. The van der Waals surface area contributed by atoms with Crippen LogP contribution in [-0.4, -0.2) is 11.7 Å². The fourth-order valence-corrected chi connectivity index (χ4v) is 2.14. The van der Waals surface area contributed by atoms with Crippen molar-refractivity contribution in [2.45, 2.75) is 26.0 Å². The van der Waals surface area contributed by atoms with Crippen LogP contribution in [0.25, 0.3) is 0 Å². The van der Waals surface area contributed by atoms with Gasteiger partial charge < -0.3 is 10.4 Å². The standard InChI is InChI=1S/C17H21NO/c1-13-7-6-10-16(11-13)14(2)18-12-17(19)15-8-4-3-5-9-15/h3-11,14,17-19H,12H2,1-2H3/t14-,17?/m0/s1. The number of rotatable bonds is 5. The van der Waals surface area contributed by atoms with Gasteiger partial charge in [-0.05, 0) is 25.0 Å². The largest absolute Gasteiger partial charge is 0.387 e. The van der Waals surface area contributed by atoms with Gasteiger partial charge in [0.05, 0.1) is 6.10 Å². The van der Waals surface area contributed by atoms with E-state index in [1.165, 1.54) is 11.1 Å². The summed E-state index contributed by atoms with van der Waals surface area (Å²) in [6.45, 7) is 4.76. The van der Waals surface area contributed by atoms with Gasteiger partial charge in [-0.25, -0.2) is 0 Å². The molecule has 2 rings (SSSR count). The van der Waals surface area contributed by atoms with Crippen LogP contribution in [0.3, 0.4) is 0 Å². The maximum Gasteiger partial charge on any atom is 0.0914 e. The average molecular weight is 255 g/mol. The summed E-state index contributed by atoms with van der Waals surface area (Å²) < 4.78 is 0. The van der Waals surface area contributed by atoms with E-state index in [9.17, 15) is 5.11 Å². The maximum absolute atomic E-state index is 10.1. The fourth-order valence-electron chi connectivity index (χ4n) is 2.14. The van der Waals surface area contributed by atoms with Crippen LogP contribution in [-0.2, 0) is 0 Å². The molecule has 0 saturated heterocycles. The molecule has 2 heteroatoms. The number of hydrogen-bond donors (Lipinski definition) is 2. The van der Waals surface area contributed by atoms with Crippen LogP contribution in [0.2, 0.25) is 0 Å². The van der Waals surface area contributed by atoms with E-state index >= 15 is 0 Å². The SMILES string of the molecule is Cc1cccc([C@H](C)NCC(O)c2ccccc2)c1. The van der Waals surface area contributed by atoms with E-state index in [4.69, 9.17) is 0 Å². The summed E-state index contributed by atoms with van der Waals surface area (Å²) >= 11 is 0. The molecule has 1 unspecified atom stereocenters. The van der Waals surface area contributed by atoms with Crippen molar-refractivity contribution in [3.8, 4) is 0 Å². The first-order valence-corrected chi connectivity index (χ1v) is 6.70. The van der Waals surface area contributed by atoms with Crippen molar-refractivity contribution in [2.24, 2.45) is 0 Å². The summed E-state index contributed by atoms with van der Waals surface area (Å²) in [6.07, 6.45) is -0.464. The number of nitrogens with one attached hydrogen (secondary N) is 1. The lowest BCUT2D eigenvalue weighted by atomic mass is 10.0. The molecule has 2 aromatic rings. The van der Waals surface area contributed by atoms with Gasteiger partial charge in [0.15, 0.2) is 0 Å². The molecule has 2 atom stereocenters. The number of aliphatic hydroxyl groups is 1. The number of hydrogen-bond acceptors (Lipinski definition) is 2. The van der Waals surface area contributed by atoms with Crippen LogP contribution in [0.4, 0.5) is 0 Å². The molecule has 0 bridgehead atoms. The Morgan fingerprint density at radius 2 is 1.68 bits per heavy atom. The lowest BCUT2D eigenvalue weighted by molar-refractivity contribution is 0.171. The normalized spacial score (nSPS) is 14.1. The molecule has 19 heavy (non-hydrogen) atoms. The Bertz CT molecular complexity index is 510. The van der Waals surface area contributed by atoms with E-state index in [1.54, 1.807) is 0 Å². The first-order valence-electron chi connectivity index (χ1n) is 6.70. The Morgan fingerprint density at radius 3 is 2.37 bits per heavy atom. The van der Waals surface area contributed by atoms with Crippen LogP contribution in [0.15, 0.2) is 54.6 Å². The second-order valence-corrected chi connectivity index (χ2v) is 4.97. The average Bonchev–Trinajstić information content (AvgIpc) is 2.45. The predicted molar refractivity (Wildman–Crippen MR) is 79.0 cm³/mol. The number of aryl methyl sites for hydroxylation is 1. The molecule has 100 valence electrons. The zero-order valence-electron chi connectivity index (χ0n) is 11.5. The third-order valence-electron chi connectivity index (χ3n) is 3.34. The molecule has 0 aliphatic heterocycles. The summed E-state index contributed by atoms with van der Waals surface area (Å²) in [5.41, 5.74) is 3.46.